The number of nitrogens with zero attached hydrogens (tertiary/aromatic N) is 2. The summed E-state index contributed by atoms with van der Waals surface area (Å²) >= 11 is 0. The van der Waals surface area contributed by atoms with Crippen LogP contribution >= 0.6 is 0 Å². The molecule has 0 amide bonds. The molecular weight excluding hydrogens is 274 g/mol. The van der Waals surface area contributed by atoms with Gasteiger partial charge in [0.15, 0.2) is 0 Å². The number of rotatable bonds is 6. The minimum Gasteiger partial charge on any atom is -0.494 e. The summed E-state index contributed by atoms with van der Waals surface area (Å²) in [6.07, 6.45) is 3.82. The van der Waals surface area contributed by atoms with Crippen LogP contribution in [-0.2, 0) is 6.42 Å². The molecule has 0 atom stereocenters. The Morgan fingerprint density at radius 2 is 1.95 bits per heavy atom. The van der Waals surface area contributed by atoms with E-state index >= 15 is 0 Å². The monoisotopic (exact) mass is 295 g/mol. The van der Waals surface area contributed by atoms with Gasteiger partial charge in [0.2, 0.25) is 0 Å². The Labute approximate surface area is 130 Å². The van der Waals surface area contributed by atoms with Crippen molar-refractivity contribution in [1.82, 2.24) is 9.38 Å². The van der Waals surface area contributed by atoms with Crippen LogP contribution in [0.15, 0.2) is 48.7 Å². The summed E-state index contributed by atoms with van der Waals surface area (Å²) in [5.41, 5.74) is 9.97. The topological polar surface area (TPSA) is 52.5 Å². The van der Waals surface area contributed by atoms with Crippen molar-refractivity contribution >= 4 is 5.65 Å². The highest BCUT2D eigenvalue weighted by Gasteiger charge is 2.13. The second kappa shape index (κ2) is 6.62. The van der Waals surface area contributed by atoms with E-state index in [1.54, 1.807) is 0 Å². The highest BCUT2D eigenvalue weighted by Crippen LogP contribution is 2.27. The normalized spacial score (nSPS) is 11.0. The fourth-order valence-electron chi connectivity index (χ4n) is 2.59. The van der Waals surface area contributed by atoms with Gasteiger partial charge in [0.1, 0.15) is 11.4 Å². The molecule has 0 aliphatic carbocycles. The van der Waals surface area contributed by atoms with Crippen molar-refractivity contribution in [3.8, 4) is 17.0 Å². The van der Waals surface area contributed by atoms with Crippen LogP contribution in [0.4, 0.5) is 0 Å². The minimum atomic E-state index is 0.592. The van der Waals surface area contributed by atoms with Crippen LogP contribution in [0.5, 0.6) is 5.75 Å². The van der Waals surface area contributed by atoms with Gasteiger partial charge >= 0.3 is 0 Å². The van der Waals surface area contributed by atoms with Crippen LogP contribution in [0.3, 0.4) is 0 Å². The smallest absolute Gasteiger partial charge is 0.137 e. The molecule has 0 aliphatic heterocycles. The Bertz CT molecular complexity index is 747. The van der Waals surface area contributed by atoms with Crippen LogP contribution < -0.4 is 10.5 Å². The van der Waals surface area contributed by atoms with Gasteiger partial charge < -0.3 is 10.5 Å². The lowest BCUT2D eigenvalue weighted by Crippen LogP contribution is -2.04. The molecule has 2 aromatic heterocycles. The molecule has 2 N–H and O–H groups in total. The maximum atomic E-state index is 5.74. The molecule has 0 aliphatic rings. The average molecular weight is 295 g/mol. The highest BCUT2D eigenvalue weighted by molar-refractivity contribution is 5.68. The second-order valence-electron chi connectivity index (χ2n) is 5.25. The Morgan fingerprint density at radius 1 is 1.14 bits per heavy atom. The first-order valence-corrected chi connectivity index (χ1v) is 7.72. The molecule has 1 aromatic carbocycles. The number of aromatic nitrogens is 2. The number of fused-ring (bicyclic) bond motifs is 1. The van der Waals surface area contributed by atoms with Crippen LogP contribution in [0.2, 0.25) is 0 Å². The zero-order chi connectivity index (χ0) is 15.4. The molecule has 3 rings (SSSR count). The van der Waals surface area contributed by atoms with Gasteiger partial charge in [-0.2, -0.15) is 0 Å². The van der Waals surface area contributed by atoms with Gasteiger partial charge in [0.25, 0.3) is 0 Å². The lowest BCUT2D eigenvalue weighted by atomic mass is 10.1. The molecule has 4 heteroatoms. The number of imidazole rings is 1. The summed E-state index contributed by atoms with van der Waals surface area (Å²) in [6, 6.07) is 14.2. The zero-order valence-corrected chi connectivity index (χ0v) is 12.8. The van der Waals surface area contributed by atoms with Crippen molar-refractivity contribution in [2.24, 2.45) is 5.73 Å². The van der Waals surface area contributed by atoms with E-state index in [1.165, 1.54) is 0 Å². The molecule has 0 spiro atoms. The summed E-state index contributed by atoms with van der Waals surface area (Å²) < 4.78 is 7.77. The first-order valence-electron chi connectivity index (χ1n) is 7.72. The summed E-state index contributed by atoms with van der Waals surface area (Å²) in [5.74, 6) is 0.903. The van der Waals surface area contributed by atoms with Gasteiger partial charge in [-0.3, -0.25) is 4.40 Å². The number of benzene rings is 1. The largest absolute Gasteiger partial charge is 0.494 e. The van der Waals surface area contributed by atoms with Gasteiger partial charge in [-0.25, -0.2) is 4.98 Å². The Morgan fingerprint density at radius 3 is 2.68 bits per heavy atom. The molecular formula is C18H21N3O. The third-order valence-corrected chi connectivity index (χ3v) is 3.58. The van der Waals surface area contributed by atoms with E-state index in [9.17, 15) is 0 Å². The van der Waals surface area contributed by atoms with Crippen molar-refractivity contribution < 1.29 is 4.74 Å². The molecule has 4 nitrogen and oxygen atoms in total. The van der Waals surface area contributed by atoms with E-state index in [1.807, 2.05) is 36.5 Å². The van der Waals surface area contributed by atoms with Gasteiger partial charge in [-0.1, -0.05) is 13.0 Å². The molecule has 0 radical (unpaired) electrons. The number of hydrogen-bond acceptors (Lipinski definition) is 3. The van der Waals surface area contributed by atoms with Crippen LogP contribution in [0.25, 0.3) is 16.9 Å². The molecule has 0 unspecified atom stereocenters. The molecule has 0 saturated carbocycles. The number of nitrogens with two attached hydrogens (primary N) is 1. The predicted molar refractivity (Wildman–Crippen MR) is 89.2 cm³/mol. The molecule has 0 saturated heterocycles. The highest BCUT2D eigenvalue weighted by atomic mass is 16.5. The van der Waals surface area contributed by atoms with Gasteiger partial charge in [0.05, 0.1) is 18.0 Å². The SMILES string of the molecule is CCCOc1ccc(-c2c(CCN)nc3ccccn23)cc1. The average Bonchev–Trinajstić information content (AvgIpc) is 2.92. The Kier molecular flexibility index (Phi) is 4.39. The quantitative estimate of drug-likeness (QED) is 0.759. The lowest BCUT2D eigenvalue weighted by Gasteiger charge is -2.08. The summed E-state index contributed by atoms with van der Waals surface area (Å²) in [7, 11) is 0. The lowest BCUT2D eigenvalue weighted by molar-refractivity contribution is 0.317. The van der Waals surface area contributed by atoms with E-state index in [0.717, 1.165) is 47.8 Å². The van der Waals surface area contributed by atoms with Crippen LogP contribution in [-0.4, -0.2) is 22.5 Å². The minimum absolute atomic E-state index is 0.592. The maximum Gasteiger partial charge on any atom is 0.137 e. The van der Waals surface area contributed by atoms with Gasteiger partial charge in [-0.05, 0) is 49.4 Å². The Balaban J connectivity index is 2.02. The molecule has 114 valence electrons. The second-order valence-corrected chi connectivity index (χ2v) is 5.25. The van der Waals surface area contributed by atoms with Crippen molar-refractivity contribution in [2.75, 3.05) is 13.2 Å². The first-order chi connectivity index (χ1) is 10.8. The number of ether oxygens (including phenoxy) is 1. The summed E-state index contributed by atoms with van der Waals surface area (Å²) in [4.78, 5) is 4.70. The van der Waals surface area contributed by atoms with Crippen molar-refractivity contribution in [3.05, 3.63) is 54.4 Å². The van der Waals surface area contributed by atoms with E-state index in [0.29, 0.717) is 6.54 Å². The van der Waals surface area contributed by atoms with E-state index in [2.05, 4.69) is 23.5 Å². The third-order valence-electron chi connectivity index (χ3n) is 3.58. The molecule has 22 heavy (non-hydrogen) atoms. The third kappa shape index (κ3) is 2.83. The standard InChI is InChI=1S/C18H21N3O/c1-2-13-22-15-8-6-14(7-9-15)18-16(10-11-19)20-17-5-3-4-12-21(17)18/h3-9,12H,2,10-11,13,19H2,1H3. The molecule has 3 aromatic rings. The molecule has 2 heterocycles. The van der Waals surface area contributed by atoms with E-state index in [-0.39, 0.29) is 0 Å². The number of pyridine rings is 1. The van der Waals surface area contributed by atoms with Crippen molar-refractivity contribution in [2.45, 2.75) is 19.8 Å². The molecule has 0 fully saturated rings. The fraction of sp³-hybridized carbons (Fsp3) is 0.278. The predicted octanol–water partition coefficient (Wildman–Crippen LogP) is 3.29. The van der Waals surface area contributed by atoms with E-state index in [4.69, 9.17) is 15.5 Å². The summed E-state index contributed by atoms with van der Waals surface area (Å²) in [5, 5.41) is 0. The number of hydrogen-bond donors (Lipinski definition) is 1. The Hall–Kier alpha value is -2.33. The van der Waals surface area contributed by atoms with Crippen LogP contribution in [0, 0.1) is 0 Å². The zero-order valence-electron chi connectivity index (χ0n) is 12.8. The summed E-state index contributed by atoms with van der Waals surface area (Å²) in [6.45, 7) is 3.44. The van der Waals surface area contributed by atoms with Crippen molar-refractivity contribution in [1.29, 1.82) is 0 Å². The fourth-order valence-corrected chi connectivity index (χ4v) is 2.59. The van der Waals surface area contributed by atoms with Crippen molar-refractivity contribution in [3.63, 3.8) is 0 Å². The van der Waals surface area contributed by atoms with Gasteiger partial charge in [-0.15, -0.1) is 0 Å². The van der Waals surface area contributed by atoms with Crippen LogP contribution in [0.1, 0.15) is 19.0 Å². The first kappa shape index (κ1) is 14.6. The van der Waals surface area contributed by atoms with Gasteiger partial charge in [0, 0.05) is 18.2 Å². The molecule has 0 bridgehead atoms. The maximum absolute atomic E-state index is 5.74. The van der Waals surface area contributed by atoms with E-state index < -0.39 is 0 Å².